The Morgan fingerprint density at radius 2 is 0.864 bits per heavy atom. The number of nitrogens with zero attached hydrogens (tertiary/aromatic N) is 4. The Morgan fingerprint density at radius 3 is 1.39 bits per heavy atom. The fourth-order valence-electron chi connectivity index (χ4n) is 9.33. The summed E-state index contributed by atoms with van der Waals surface area (Å²) in [5.41, 5.74) is 14.8. The van der Waals surface area contributed by atoms with Gasteiger partial charge in [-0.2, -0.15) is 0 Å². The molecule has 12 rings (SSSR count). The lowest BCUT2D eigenvalue weighted by molar-refractivity contribution is 0.820. The smallest absolute Gasteiger partial charge is 0.159 e. The summed E-state index contributed by atoms with van der Waals surface area (Å²) in [6, 6.07) is 74.3. The molecule has 1 unspecified atom stereocenters. The Labute approximate surface area is 341 Å². The van der Waals surface area contributed by atoms with Gasteiger partial charge < -0.3 is 14.5 Å². The molecule has 5 nitrogen and oxygen atoms in total. The molecular weight excluding hydrogens is 719 g/mol. The van der Waals surface area contributed by atoms with Crippen LogP contribution in [0.25, 0.3) is 77.2 Å². The zero-order valence-electron chi connectivity index (χ0n) is 32.1. The highest BCUT2D eigenvalue weighted by molar-refractivity contribution is 6.10. The third kappa shape index (κ3) is 5.29. The lowest BCUT2D eigenvalue weighted by Gasteiger charge is -2.26. The predicted molar refractivity (Wildman–Crippen MR) is 245 cm³/mol. The molecule has 1 aliphatic heterocycles. The van der Waals surface area contributed by atoms with Gasteiger partial charge in [0.05, 0.1) is 27.8 Å². The molecule has 278 valence electrons. The second kappa shape index (κ2) is 13.4. The van der Waals surface area contributed by atoms with E-state index >= 15 is 0 Å². The van der Waals surface area contributed by atoms with E-state index in [0.717, 1.165) is 56.4 Å². The van der Waals surface area contributed by atoms with Gasteiger partial charge in [0.1, 0.15) is 6.17 Å². The highest BCUT2D eigenvalue weighted by Crippen LogP contribution is 2.49. The highest BCUT2D eigenvalue weighted by Gasteiger charge is 2.34. The van der Waals surface area contributed by atoms with E-state index in [-0.39, 0.29) is 6.17 Å². The fourth-order valence-corrected chi connectivity index (χ4v) is 9.33. The lowest BCUT2D eigenvalue weighted by Crippen LogP contribution is -2.23. The summed E-state index contributed by atoms with van der Waals surface area (Å²) < 4.78 is 4.85. The molecule has 0 saturated carbocycles. The van der Waals surface area contributed by atoms with Gasteiger partial charge >= 0.3 is 0 Å². The van der Waals surface area contributed by atoms with Gasteiger partial charge in [-0.3, -0.25) is 4.90 Å². The Hall–Kier alpha value is -7.89. The van der Waals surface area contributed by atoms with E-state index in [4.69, 9.17) is 4.98 Å². The maximum Gasteiger partial charge on any atom is 0.159 e. The summed E-state index contributed by atoms with van der Waals surface area (Å²) in [6.45, 7) is 0. The van der Waals surface area contributed by atoms with Crippen molar-refractivity contribution in [2.45, 2.75) is 6.17 Å². The zero-order valence-corrected chi connectivity index (χ0v) is 32.1. The monoisotopic (exact) mass is 755 g/mol. The second-order valence-corrected chi connectivity index (χ2v) is 15.3. The number of hydrogen-bond acceptors (Lipinski definition) is 3. The largest absolute Gasteiger partial charge is 0.358 e. The van der Waals surface area contributed by atoms with Crippen LogP contribution in [0.3, 0.4) is 0 Å². The van der Waals surface area contributed by atoms with E-state index in [1.807, 2.05) is 6.20 Å². The van der Waals surface area contributed by atoms with Crippen molar-refractivity contribution in [2.24, 2.45) is 0 Å². The minimum Gasteiger partial charge on any atom is -0.358 e. The van der Waals surface area contributed by atoms with Crippen LogP contribution in [0.15, 0.2) is 212 Å². The van der Waals surface area contributed by atoms with Crippen LogP contribution in [0.5, 0.6) is 0 Å². The molecule has 8 aromatic carbocycles. The number of anilines is 3. The second-order valence-electron chi connectivity index (χ2n) is 15.3. The predicted octanol–water partition coefficient (Wildman–Crippen LogP) is 13.9. The van der Waals surface area contributed by atoms with Gasteiger partial charge in [-0.1, -0.05) is 146 Å². The number of aromatic nitrogens is 3. The van der Waals surface area contributed by atoms with Crippen LogP contribution in [0.4, 0.5) is 17.2 Å². The summed E-state index contributed by atoms with van der Waals surface area (Å²) in [5.74, 6) is 0.918. The molecular formula is C54H37N5. The van der Waals surface area contributed by atoms with Crippen LogP contribution in [0.2, 0.25) is 0 Å². The van der Waals surface area contributed by atoms with Crippen molar-refractivity contribution in [1.82, 2.24) is 14.1 Å². The van der Waals surface area contributed by atoms with Crippen molar-refractivity contribution in [1.29, 1.82) is 0 Å². The van der Waals surface area contributed by atoms with Crippen LogP contribution < -0.4 is 10.2 Å². The minimum absolute atomic E-state index is 0.157. The van der Waals surface area contributed by atoms with Crippen LogP contribution in [0.1, 0.15) is 11.7 Å². The number of fused-ring (bicyclic) bond motifs is 7. The van der Waals surface area contributed by atoms with Crippen molar-refractivity contribution in [3.8, 4) is 33.6 Å². The average molecular weight is 756 g/mol. The highest BCUT2D eigenvalue weighted by atomic mass is 15.4. The van der Waals surface area contributed by atoms with Crippen molar-refractivity contribution in [3.05, 3.63) is 218 Å². The van der Waals surface area contributed by atoms with Gasteiger partial charge in [-0.05, 0) is 82.9 Å². The van der Waals surface area contributed by atoms with E-state index in [0.29, 0.717) is 0 Å². The minimum atomic E-state index is -0.157. The van der Waals surface area contributed by atoms with Gasteiger partial charge in [-0.25, -0.2) is 4.98 Å². The molecule has 0 bridgehead atoms. The first-order valence-corrected chi connectivity index (χ1v) is 20.2. The lowest BCUT2D eigenvalue weighted by atomic mass is 10.0. The Balaban J connectivity index is 1.03. The quantitative estimate of drug-likeness (QED) is 0.184. The summed E-state index contributed by atoms with van der Waals surface area (Å²) in [6.07, 6.45) is 1.76. The first-order valence-electron chi connectivity index (χ1n) is 20.2. The number of nitrogens with one attached hydrogen (secondary N) is 1. The number of benzene rings is 8. The van der Waals surface area contributed by atoms with E-state index < -0.39 is 0 Å². The number of rotatable bonds is 6. The molecule has 0 aliphatic carbocycles. The third-order valence-electron chi connectivity index (χ3n) is 12.0. The van der Waals surface area contributed by atoms with Crippen molar-refractivity contribution < 1.29 is 0 Å². The molecule has 0 spiro atoms. The fraction of sp³-hybridized carbons (Fsp3) is 0.0185. The molecule has 1 atom stereocenters. The maximum absolute atomic E-state index is 4.96. The van der Waals surface area contributed by atoms with Crippen LogP contribution in [-0.2, 0) is 0 Å². The van der Waals surface area contributed by atoms with Gasteiger partial charge in [0.25, 0.3) is 0 Å². The summed E-state index contributed by atoms with van der Waals surface area (Å²) >= 11 is 0. The molecule has 3 aromatic heterocycles. The first kappa shape index (κ1) is 33.3. The van der Waals surface area contributed by atoms with Crippen molar-refractivity contribution >= 4 is 60.8 Å². The molecule has 1 N–H and O–H groups in total. The Kier molecular flexibility index (Phi) is 7.53. The van der Waals surface area contributed by atoms with Crippen LogP contribution in [-0.4, -0.2) is 14.1 Å². The summed E-state index contributed by atoms with van der Waals surface area (Å²) in [4.78, 5) is 7.28. The third-order valence-corrected chi connectivity index (χ3v) is 12.0. The standard InChI is InChI=1S/C54H37N5/c1-3-15-37(16-4-1)43-31-32-55-54-52(43)56-53(59(54)40-17-5-2-6-18-40)38-29-27-36(28-30-38)39-33-41(57-48-23-11-7-19-44(48)45-20-8-12-24-49(45)57)35-42(34-39)58-50-25-13-9-21-46(50)47-22-10-14-26-51(47)58/h1-35,53,56H. The van der Waals surface area contributed by atoms with E-state index in [2.05, 4.69) is 226 Å². The van der Waals surface area contributed by atoms with E-state index in [1.54, 1.807) is 0 Å². The topological polar surface area (TPSA) is 38.0 Å². The number of pyridine rings is 1. The molecule has 0 amide bonds. The van der Waals surface area contributed by atoms with Crippen LogP contribution >= 0.6 is 0 Å². The van der Waals surface area contributed by atoms with Gasteiger partial charge in [0.15, 0.2) is 5.82 Å². The first-order chi connectivity index (χ1) is 29.3. The number of hydrogen-bond donors (Lipinski definition) is 1. The molecule has 59 heavy (non-hydrogen) atoms. The van der Waals surface area contributed by atoms with Gasteiger partial charge in [-0.15, -0.1) is 0 Å². The molecule has 1 aliphatic rings. The Morgan fingerprint density at radius 1 is 0.390 bits per heavy atom. The maximum atomic E-state index is 4.96. The number of para-hydroxylation sites is 5. The summed E-state index contributed by atoms with van der Waals surface area (Å²) in [7, 11) is 0. The molecule has 0 radical (unpaired) electrons. The average Bonchev–Trinajstić information content (AvgIpc) is 3.98. The molecule has 5 heteroatoms. The zero-order chi connectivity index (χ0) is 38.9. The van der Waals surface area contributed by atoms with Gasteiger partial charge in [0.2, 0.25) is 0 Å². The van der Waals surface area contributed by atoms with E-state index in [1.165, 1.54) is 43.6 Å². The van der Waals surface area contributed by atoms with Crippen molar-refractivity contribution in [2.75, 3.05) is 10.2 Å². The Bertz CT molecular complexity index is 3120. The molecule has 0 fully saturated rings. The van der Waals surface area contributed by atoms with Gasteiger partial charge in [0, 0.05) is 50.4 Å². The molecule has 0 saturated heterocycles. The normalized spacial score (nSPS) is 13.7. The van der Waals surface area contributed by atoms with Crippen LogP contribution in [0, 0.1) is 0 Å². The van der Waals surface area contributed by atoms with E-state index in [9.17, 15) is 0 Å². The molecule has 4 heterocycles. The summed E-state index contributed by atoms with van der Waals surface area (Å²) in [5, 5.41) is 8.88. The van der Waals surface area contributed by atoms with Crippen molar-refractivity contribution in [3.63, 3.8) is 0 Å². The SMILES string of the molecule is c1ccc(-c2ccnc3c2NC(c2ccc(-c4cc(-n5c6ccccc6c6ccccc65)cc(-n5c6ccccc6c6ccccc65)c4)cc2)N3c2ccccc2)cc1. The molecule has 11 aromatic rings.